The minimum absolute atomic E-state index is 0.0134. The van der Waals surface area contributed by atoms with Crippen molar-refractivity contribution < 1.29 is 27.5 Å². The summed E-state index contributed by atoms with van der Waals surface area (Å²) < 4.78 is 36.9. The molecule has 0 bridgehead atoms. The molecule has 1 saturated heterocycles. The van der Waals surface area contributed by atoms with E-state index < -0.39 is 22.6 Å². The highest BCUT2D eigenvalue weighted by atomic mass is 35.5. The van der Waals surface area contributed by atoms with Crippen LogP contribution in [0.15, 0.2) is 23.1 Å². The van der Waals surface area contributed by atoms with Gasteiger partial charge in [0.15, 0.2) is 6.61 Å². The highest BCUT2D eigenvalue weighted by Gasteiger charge is 2.29. The third kappa shape index (κ3) is 4.53. The molecule has 10 heteroatoms. The number of amides is 1. The Balaban J connectivity index is 1.71. The van der Waals surface area contributed by atoms with Gasteiger partial charge in [-0.2, -0.15) is 4.31 Å². The van der Waals surface area contributed by atoms with Gasteiger partial charge in [-0.3, -0.25) is 4.79 Å². The molecule has 1 heterocycles. The number of rotatable bonds is 6. The van der Waals surface area contributed by atoms with Crippen molar-refractivity contribution in [2.75, 3.05) is 32.9 Å². The van der Waals surface area contributed by atoms with Crippen LogP contribution in [-0.2, 0) is 24.3 Å². The predicted octanol–water partition coefficient (Wildman–Crippen LogP) is 0.796. The number of carbonyl (C=O) groups is 2. The normalized spacial score (nSPS) is 18.3. The standard InChI is InChI=1S/C16H19ClN2O6S/c17-13-4-1-11(16(21)25-10-15(20)18-12-2-3-12)9-14(13)26(22,23)19-5-7-24-8-6-19/h1,4,9,12H,2-3,5-8,10H2,(H,18,20). The number of hydrogen-bond donors (Lipinski definition) is 1. The molecule has 1 saturated carbocycles. The zero-order valence-corrected chi connectivity index (χ0v) is 15.5. The Morgan fingerprint density at radius 3 is 2.62 bits per heavy atom. The van der Waals surface area contributed by atoms with E-state index in [9.17, 15) is 18.0 Å². The number of hydrogen-bond acceptors (Lipinski definition) is 6. The van der Waals surface area contributed by atoms with Crippen molar-refractivity contribution in [3.8, 4) is 0 Å². The summed E-state index contributed by atoms with van der Waals surface area (Å²) in [5.74, 6) is -1.16. The van der Waals surface area contributed by atoms with Gasteiger partial charge in [-0.25, -0.2) is 13.2 Å². The molecular formula is C16H19ClN2O6S. The molecule has 2 aliphatic rings. The third-order valence-electron chi connectivity index (χ3n) is 4.03. The Morgan fingerprint density at radius 1 is 1.27 bits per heavy atom. The molecule has 2 fully saturated rings. The van der Waals surface area contributed by atoms with Gasteiger partial charge in [0.05, 0.1) is 23.8 Å². The van der Waals surface area contributed by atoms with Crippen molar-refractivity contribution in [2.24, 2.45) is 0 Å². The summed E-state index contributed by atoms with van der Waals surface area (Å²) in [6.45, 7) is 0.621. The first-order valence-corrected chi connectivity index (χ1v) is 10.0. The molecule has 0 radical (unpaired) electrons. The number of nitrogens with zero attached hydrogens (tertiary/aromatic N) is 1. The third-order valence-corrected chi connectivity index (χ3v) is 6.41. The van der Waals surface area contributed by atoms with Gasteiger partial charge >= 0.3 is 5.97 Å². The van der Waals surface area contributed by atoms with Gasteiger partial charge in [0.1, 0.15) is 4.90 Å². The maximum Gasteiger partial charge on any atom is 0.338 e. The Kier molecular flexibility index (Phi) is 5.81. The van der Waals surface area contributed by atoms with Crippen molar-refractivity contribution in [1.82, 2.24) is 9.62 Å². The molecule has 1 aliphatic carbocycles. The number of carbonyl (C=O) groups excluding carboxylic acids is 2. The van der Waals surface area contributed by atoms with Crippen LogP contribution in [0.2, 0.25) is 5.02 Å². The first-order chi connectivity index (χ1) is 12.4. The van der Waals surface area contributed by atoms with Gasteiger partial charge in [0.25, 0.3) is 5.91 Å². The molecule has 1 aromatic rings. The average Bonchev–Trinajstić information content (AvgIpc) is 3.44. The van der Waals surface area contributed by atoms with Gasteiger partial charge in [-0.05, 0) is 31.0 Å². The van der Waals surface area contributed by atoms with Crippen LogP contribution in [0.5, 0.6) is 0 Å². The Bertz CT molecular complexity index is 803. The van der Waals surface area contributed by atoms with Crippen LogP contribution in [0, 0.1) is 0 Å². The van der Waals surface area contributed by atoms with Crippen LogP contribution in [-0.4, -0.2) is 63.6 Å². The average molecular weight is 403 g/mol. The van der Waals surface area contributed by atoms with E-state index in [4.69, 9.17) is 21.1 Å². The summed E-state index contributed by atoms with van der Waals surface area (Å²) >= 11 is 6.04. The van der Waals surface area contributed by atoms with Gasteiger partial charge in [0.2, 0.25) is 10.0 Å². The minimum Gasteiger partial charge on any atom is -0.452 e. The number of ether oxygens (including phenoxy) is 2. The predicted molar refractivity (Wildman–Crippen MR) is 92.5 cm³/mol. The summed E-state index contributed by atoms with van der Waals surface area (Å²) in [4.78, 5) is 23.6. The number of halogens is 1. The number of esters is 1. The van der Waals surface area contributed by atoms with Crippen LogP contribution >= 0.6 is 11.6 Å². The number of benzene rings is 1. The zero-order valence-electron chi connectivity index (χ0n) is 13.9. The van der Waals surface area contributed by atoms with Gasteiger partial charge in [0, 0.05) is 19.1 Å². The Hall–Kier alpha value is -1.68. The fourth-order valence-electron chi connectivity index (χ4n) is 2.47. The van der Waals surface area contributed by atoms with Crippen molar-refractivity contribution in [2.45, 2.75) is 23.8 Å². The molecule has 0 unspecified atom stereocenters. The fourth-order valence-corrected chi connectivity index (χ4v) is 4.37. The van der Waals surface area contributed by atoms with Crippen molar-refractivity contribution in [3.63, 3.8) is 0 Å². The fraction of sp³-hybridized carbons (Fsp3) is 0.500. The lowest BCUT2D eigenvalue weighted by Crippen LogP contribution is -2.40. The van der Waals surface area contributed by atoms with E-state index in [-0.39, 0.29) is 40.5 Å². The maximum atomic E-state index is 12.7. The van der Waals surface area contributed by atoms with Crippen LogP contribution in [0.1, 0.15) is 23.2 Å². The molecule has 0 spiro atoms. The van der Waals surface area contributed by atoms with E-state index in [1.807, 2.05) is 0 Å². The quantitative estimate of drug-likeness (QED) is 0.706. The number of nitrogens with one attached hydrogen (secondary N) is 1. The molecule has 1 amide bonds. The highest BCUT2D eigenvalue weighted by molar-refractivity contribution is 7.89. The van der Waals surface area contributed by atoms with E-state index in [1.165, 1.54) is 22.5 Å². The van der Waals surface area contributed by atoms with Crippen molar-refractivity contribution >= 4 is 33.5 Å². The molecule has 1 aliphatic heterocycles. The first kappa shape index (κ1) is 19.1. The summed E-state index contributed by atoms with van der Waals surface area (Å²) in [5, 5.41) is 2.71. The minimum atomic E-state index is -3.85. The summed E-state index contributed by atoms with van der Waals surface area (Å²) in [7, 11) is -3.85. The molecule has 142 valence electrons. The zero-order chi connectivity index (χ0) is 18.7. The summed E-state index contributed by atoms with van der Waals surface area (Å²) in [6.07, 6.45) is 1.86. The molecular weight excluding hydrogens is 384 g/mol. The smallest absolute Gasteiger partial charge is 0.338 e. The molecule has 0 aromatic heterocycles. The lowest BCUT2D eigenvalue weighted by Gasteiger charge is -2.26. The molecule has 1 aromatic carbocycles. The van der Waals surface area contributed by atoms with E-state index in [0.29, 0.717) is 13.2 Å². The van der Waals surface area contributed by atoms with E-state index in [2.05, 4.69) is 5.32 Å². The van der Waals surface area contributed by atoms with Crippen molar-refractivity contribution in [1.29, 1.82) is 0 Å². The summed E-state index contributed by atoms with van der Waals surface area (Å²) in [5.41, 5.74) is 0.0143. The molecule has 26 heavy (non-hydrogen) atoms. The maximum absolute atomic E-state index is 12.7. The van der Waals surface area contributed by atoms with E-state index in [0.717, 1.165) is 12.8 Å². The van der Waals surface area contributed by atoms with E-state index >= 15 is 0 Å². The topological polar surface area (TPSA) is 102 Å². The van der Waals surface area contributed by atoms with Crippen LogP contribution in [0.25, 0.3) is 0 Å². The van der Waals surface area contributed by atoms with Gasteiger partial charge < -0.3 is 14.8 Å². The summed E-state index contributed by atoms with van der Waals surface area (Å²) in [6, 6.07) is 4.04. The lowest BCUT2D eigenvalue weighted by molar-refractivity contribution is -0.124. The lowest BCUT2D eigenvalue weighted by atomic mass is 10.2. The first-order valence-electron chi connectivity index (χ1n) is 8.22. The van der Waals surface area contributed by atoms with Crippen LogP contribution in [0.4, 0.5) is 0 Å². The Morgan fingerprint density at radius 2 is 1.96 bits per heavy atom. The van der Waals surface area contributed by atoms with Gasteiger partial charge in [-0.15, -0.1) is 0 Å². The SMILES string of the molecule is O=C(COC(=O)c1ccc(Cl)c(S(=O)(=O)N2CCOCC2)c1)NC1CC1. The second-order valence-corrected chi connectivity index (χ2v) is 8.39. The molecule has 8 nitrogen and oxygen atoms in total. The monoisotopic (exact) mass is 402 g/mol. The van der Waals surface area contributed by atoms with Crippen LogP contribution < -0.4 is 5.32 Å². The second-order valence-electron chi connectivity index (χ2n) is 6.08. The molecule has 3 rings (SSSR count). The molecule has 0 atom stereocenters. The number of morpholine rings is 1. The van der Waals surface area contributed by atoms with Crippen molar-refractivity contribution in [3.05, 3.63) is 28.8 Å². The number of sulfonamides is 1. The Labute approximate surface area is 156 Å². The highest BCUT2D eigenvalue weighted by Crippen LogP contribution is 2.27. The van der Waals surface area contributed by atoms with Crippen LogP contribution in [0.3, 0.4) is 0 Å². The van der Waals surface area contributed by atoms with E-state index in [1.54, 1.807) is 0 Å². The largest absolute Gasteiger partial charge is 0.452 e. The molecule has 1 N–H and O–H groups in total. The van der Waals surface area contributed by atoms with Gasteiger partial charge in [-0.1, -0.05) is 11.6 Å². The second kappa shape index (κ2) is 7.91.